The first-order chi connectivity index (χ1) is 6.74. The molecule has 4 heteroatoms. The number of hydrogen-bond donors (Lipinski definition) is 1. The van der Waals surface area contributed by atoms with Crippen LogP contribution >= 0.6 is 23.6 Å². The van der Waals surface area contributed by atoms with Gasteiger partial charge < -0.3 is 9.88 Å². The van der Waals surface area contributed by atoms with Crippen LogP contribution in [0.25, 0.3) is 10.1 Å². The lowest BCUT2D eigenvalue weighted by Crippen LogP contribution is -2.14. The van der Waals surface area contributed by atoms with Gasteiger partial charge in [-0.25, -0.2) is 0 Å². The van der Waals surface area contributed by atoms with Gasteiger partial charge in [0.15, 0.2) is 0 Å². The quantitative estimate of drug-likeness (QED) is 0.790. The highest BCUT2D eigenvalue weighted by Gasteiger charge is 2.03. The lowest BCUT2D eigenvalue weighted by molar-refractivity contribution is 0.610. The third kappa shape index (κ3) is 1.49. The number of aryl methyl sites for hydroxylation is 1. The summed E-state index contributed by atoms with van der Waals surface area (Å²) in [5.41, 5.74) is 1.28. The average molecular weight is 224 g/mol. The molecule has 0 unspecified atom stereocenters. The predicted molar refractivity (Wildman–Crippen MR) is 64.4 cm³/mol. The number of fused-ring (bicyclic) bond motifs is 1. The third-order valence-corrected chi connectivity index (χ3v) is 3.71. The number of pyridine rings is 1. The molecular formula is C10H12N2S2. The van der Waals surface area contributed by atoms with Crippen LogP contribution in [-0.4, -0.2) is 11.6 Å². The van der Waals surface area contributed by atoms with Gasteiger partial charge in [-0.2, -0.15) is 0 Å². The fourth-order valence-electron chi connectivity index (χ4n) is 1.57. The van der Waals surface area contributed by atoms with Crippen LogP contribution in [-0.2, 0) is 6.67 Å². The van der Waals surface area contributed by atoms with Gasteiger partial charge >= 0.3 is 0 Å². The Morgan fingerprint density at radius 2 is 2.36 bits per heavy atom. The Morgan fingerprint density at radius 3 is 3.07 bits per heavy atom. The van der Waals surface area contributed by atoms with Crippen molar-refractivity contribution in [1.82, 2.24) is 9.88 Å². The molecule has 0 aliphatic rings. The maximum absolute atomic E-state index is 5.41. The number of aromatic nitrogens is 1. The molecule has 0 aromatic carbocycles. The van der Waals surface area contributed by atoms with Gasteiger partial charge in [-0.3, -0.25) is 0 Å². The van der Waals surface area contributed by atoms with Gasteiger partial charge in [0, 0.05) is 6.20 Å². The fourth-order valence-corrected chi connectivity index (χ4v) is 2.85. The lowest BCUT2D eigenvalue weighted by atomic mass is 10.2. The van der Waals surface area contributed by atoms with E-state index in [1.54, 1.807) is 11.3 Å². The SMILES string of the molecule is CNCn1cc(C)c2ccsc2c1=S. The van der Waals surface area contributed by atoms with E-state index in [1.165, 1.54) is 15.6 Å². The first-order valence-electron chi connectivity index (χ1n) is 4.46. The van der Waals surface area contributed by atoms with Crippen LogP contribution in [0.1, 0.15) is 5.56 Å². The van der Waals surface area contributed by atoms with Crippen LogP contribution < -0.4 is 5.32 Å². The highest BCUT2D eigenvalue weighted by Crippen LogP contribution is 2.24. The van der Waals surface area contributed by atoms with E-state index in [0.29, 0.717) is 0 Å². The predicted octanol–water partition coefficient (Wildman–Crippen LogP) is 2.92. The summed E-state index contributed by atoms with van der Waals surface area (Å²) in [7, 11) is 1.93. The van der Waals surface area contributed by atoms with Gasteiger partial charge in [-0.1, -0.05) is 12.2 Å². The first-order valence-corrected chi connectivity index (χ1v) is 5.74. The van der Waals surface area contributed by atoms with Crippen LogP contribution in [0.5, 0.6) is 0 Å². The number of hydrogen-bond acceptors (Lipinski definition) is 3. The summed E-state index contributed by atoms with van der Waals surface area (Å²) in [4.78, 5) is 0. The molecule has 2 aromatic rings. The van der Waals surface area contributed by atoms with E-state index in [2.05, 4.69) is 34.5 Å². The number of thiophene rings is 1. The van der Waals surface area contributed by atoms with Gasteiger partial charge in [0.1, 0.15) is 4.64 Å². The Balaban J connectivity index is 2.75. The van der Waals surface area contributed by atoms with Crippen molar-refractivity contribution in [2.75, 3.05) is 7.05 Å². The molecule has 0 aliphatic carbocycles. The summed E-state index contributed by atoms with van der Waals surface area (Å²) in [5.74, 6) is 0. The van der Waals surface area contributed by atoms with Crippen molar-refractivity contribution in [1.29, 1.82) is 0 Å². The number of nitrogens with one attached hydrogen (secondary N) is 1. The second-order valence-corrected chi connectivity index (χ2v) is 4.56. The Morgan fingerprint density at radius 1 is 1.57 bits per heavy atom. The topological polar surface area (TPSA) is 17.0 Å². The van der Waals surface area contributed by atoms with Crippen molar-refractivity contribution in [3.8, 4) is 0 Å². The maximum atomic E-state index is 5.41. The van der Waals surface area contributed by atoms with Crippen molar-refractivity contribution < 1.29 is 0 Å². The third-order valence-electron chi connectivity index (χ3n) is 2.22. The Bertz CT molecular complexity index is 510. The molecule has 0 amide bonds. The first kappa shape index (κ1) is 9.83. The molecule has 0 saturated heterocycles. The molecule has 0 bridgehead atoms. The van der Waals surface area contributed by atoms with E-state index in [0.717, 1.165) is 11.3 Å². The molecule has 1 N–H and O–H groups in total. The van der Waals surface area contributed by atoms with Crippen molar-refractivity contribution in [3.63, 3.8) is 0 Å². The minimum atomic E-state index is 0.771. The van der Waals surface area contributed by atoms with E-state index in [-0.39, 0.29) is 0 Å². The monoisotopic (exact) mass is 224 g/mol. The minimum absolute atomic E-state index is 0.771. The van der Waals surface area contributed by atoms with Crippen LogP contribution in [0.4, 0.5) is 0 Å². The summed E-state index contributed by atoms with van der Waals surface area (Å²) < 4.78 is 4.22. The number of rotatable bonds is 2. The molecule has 0 radical (unpaired) electrons. The second kappa shape index (κ2) is 3.81. The largest absolute Gasteiger partial charge is 0.325 e. The van der Waals surface area contributed by atoms with Crippen molar-refractivity contribution in [3.05, 3.63) is 27.8 Å². The molecule has 2 nitrogen and oxygen atoms in total. The Labute approximate surface area is 92.2 Å². The molecule has 0 atom stereocenters. The van der Waals surface area contributed by atoms with Crippen LogP contribution in [0.2, 0.25) is 0 Å². The van der Waals surface area contributed by atoms with Gasteiger partial charge in [-0.15, -0.1) is 11.3 Å². The smallest absolute Gasteiger partial charge is 0.125 e. The van der Waals surface area contributed by atoms with Crippen LogP contribution in [0.3, 0.4) is 0 Å². The Hall–Kier alpha value is -0.710. The second-order valence-electron chi connectivity index (χ2n) is 3.26. The molecular weight excluding hydrogens is 212 g/mol. The molecule has 0 fully saturated rings. The highest BCUT2D eigenvalue weighted by atomic mass is 32.1. The minimum Gasteiger partial charge on any atom is -0.325 e. The van der Waals surface area contributed by atoms with E-state index in [9.17, 15) is 0 Å². The van der Waals surface area contributed by atoms with Gasteiger partial charge in [-0.05, 0) is 36.4 Å². The molecule has 0 saturated carbocycles. The number of nitrogens with zero attached hydrogens (tertiary/aromatic N) is 1. The zero-order chi connectivity index (χ0) is 10.1. The summed E-state index contributed by atoms with van der Waals surface area (Å²) in [6.07, 6.45) is 2.11. The molecule has 0 spiro atoms. The summed E-state index contributed by atoms with van der Waals surface area (Å²) >= 11 is 7.12. The zero-order valence-corrected chi connectivity index (χ0v) is 9.84. The van der Waals surface area contributed by atoms with E-state index in [4.69, 9.17) is 12.2 Å². The lowest BCUT2D eigenvalue weighted by Gasteiger charge is -2.08. The zero-order valence-electron chi connectivity index (χ0n) is 8.20. The van der Waals surface area contributed by atoms with E-state index < -0.39 is 0 Å². The highest BCUT2D eigenvalue weighted by molar-refractivity contribution is 7.71. The molecule has 2 heterocycles. The summed E-state index contributed by atoms with van der Waals surface area (Å²) in [5, 5.41) is 6.49. The normalized spacial score (nSPS) is 11.0. The molecule has 2 rings (SSSR count). The van der Waals surface area contributed by atoms with Gasteiger partial charge in [0.25, 0.3) is 0 Å². The Kier molecular flexibility index (Phi) is 2.67. The fraction of sp³-hybridized carbons (Fsp3) is 0.300. The average Bonchev–Trinajstić information content (AvgIpc) is 2.63. The van der Waals surface area contributed by atoms with E-state index >= 15 is 0 Å². The van der Waals surface area contributed by atoms with Crippen molar-refractivity contribution in [2.24, 2.45) is 0 Å². The van der Waals surface area contributed by atoms with Gasteiger partial charge in [0.2, 0.25) is 0 Å². The van der Waals surface area contributed by atoms with Crippen LogP contribution in [0.15, 0.2) is 17.6 Å². The summed E-state index contributed by atoms with van der Waals surface area (Å²) in [6.45, 7) is 2.89. The van der Waals surface area contributed by atoms with Crippen LogP contribution in [0, 0.1) is 11.6 Å². The molecule has 2 aromatic heterocycles. The molecule has 74 valence electrons. The van der Waals surface area contributed by atoms with E-state index in [1.807, 2.05) is 7.05 Å². The van der Waals surface area contributed by atoms with Gasteiger partial charge in [0.05, 0.1) is 11.4 Å². The molecule has 0 aliphatic heterocycles. The maximum Gasteiger partial charge on any atom is 0.125 e. The molecule has 14 heavy (non-hydrogen) atoms. The standard InChI is InChI=1S/C10H12N2S2/c1-7-5-12(6-11-2)10(13)9-8(7)3-4-14-9/h3-5,11H,6H2,1-2H3. The van der Waals surface area contributed by atoms with Crippen molar-refractivity contribution >= 4 is 33.6 Å². The summed E-state index contributed by atoms with van der Waals surface area (Å²) in [6, 6.07) is 2.13. The van der Waals surface area contributed by atoms with Crippen molar-refractivity contribution in [2.45, 2.75) is 13.6 Å².